The maximum absolute atomic E-state index is 5.85. The lowest BCUT2D eigenvalue weighted by molar-refractivity contribution is 0.189. The summed E-state index contributed by atoms with van der Waals surface area (Å²) in [5, 5.41) is 0. The van der Waals surface area contributed by atoms with Crippen molar-refractivity contribution in [3.63, 3.8) is 0 Å². The Morgan fingerprint density at radius 1 is 1.40 bits per heavy atom. The summed E-state index contributed by atoms with van der Waals surface area (Å²) in [7, 11) is 2.07. The van der Waals surface area contributed by atoms with Gasteiger partial charge < -0.3 is 5.73 Å². The van der Waals surface area contributed by atoms with Crippen LogP contribution in [0.5, 0.6) is 0 Å². The summed E-state index contributed by atoms with van der Waals surface area (Å²) < 4.78 is 0. The van der Waals surface area contributed by atoms with E-state index in [-0.39, 0.29) is 6.17 Å². The van der Waals surface area contributed by atoms with Crippen LogP contribution in [0.3, 0.4) is 0 Å². The number of hydrogen-bond acceptors (Lipinski definition) is 2. The van der Waals surface area contributed by atoms with Crippen molar-refractivity contribution >= 4 is 0 Å². The Labute approximate surface area is 64.4 Å². The zero-order valence-corrected chi connectivity index (χ0v) is 7.59. The minimum Gasteiger partial charge on any atom is -0.316 e. The highest BCUT2D eigenvalue weighted by molar-refractivity contribution is 4.64. The van der Waals surface area contributed by atoms with E-state index in [4.69, 9.17) is 5.73 Å². The molecule has 0 aromatic heterocycles. The van der Waals surface area contributed by atoms with E-state index in [2.05, 4.69) is 32.7 Å². The molecule has 0 saturated carbocycles. The molecule has 2 nitrogen and oxygen atoms in total. The fourth-order valence-corrected chi connectivity index (χ4v) is 0.882. The van der Waals surface area contributed by atoms with Gasteiger partial charge in [-0.15, -0.1) is 0 Å². The van der Waals surface area contributed by atoms with Gasteiger partial charge in [0.15, 0.2) is 0 Å². The summed E-state index contributed by atoms with van der Waals surface area (Å²) in [5.41, 5.74) is 5.85. The molecule has 0 fully saturated rings. The average Bonchev–Trinajstić information content (AvgIpc) is 1.87. The molecule has 0 aliphatic rings. The quantitative estimate of drug-likeness (QED) is 0.604. The van der Waals surface area contributed by atoms with Crippen LogP contribution in [-0.2, 0) is 0 Å². The third-order valence-electron chi connectivity index (χ3n) is 1.92. The SMILES string of the molecule is CCCC(N)N(C)C(C)C. The van der Waals surface area contributed by atoms with Crippen molar-refractivity contribution in [1.82, 2.24) is 4.90 Å². The molecule has 0 aromatic carbocycles. The molecular formula is C8H20N2. The van der Waals surface area contributed by atoms with Crippen LogP contribution in [0, 0.1) is 0 Å². The number of nitrogens with zero attached hydrogens (tertiary/aromatic N) is 1. The second-order valence-corrected chi connectivity index (χ2v) is 3.12. The Kier molecular flexibility index (Phi) is 4.65. The smallest absolute Gasteiger partial charge is 0.0571 e. The molecule has 0 rings (SSSR count). The largest absolute Gasteiger partial charge is 0.316 e. The van der Waals surface area contributed by atoms with Crippen molar-refractivity contribution in [3.8, 4) is 0 Å². The van der Waals surface area contributed by atoms with E-state index >= 15 is 0 Å². The lowest BCUT2D eigenvalue weighted by Crippen LogP contribution is -2.42. The van der Waals surface area contributed by atoms with Gasteiger partial charge in [-0.25, -0.2) is 0 Å². The molecule has 0 spiro atoms. The van der Waals surface area contributed by atoms with E-state index in [0.717, 1.165) is 12.8 Å². The van der Waals surface area contributed by atoms with Gasteiger partial charge >= 0.3 is 0 Å². The van der Waals surface area contributed by atoms with Crippen molar-refractivity contribution in [2.75, 3.05) is 7.05 Å². The van der Waals surface area contributed by atoms with Gasteiger partial charge in [0.25, 0.3) is 0 Å². The molecule has 62 valence electrons. The maximum Gasteiger partial charge on any atom is 0.0571 e. The number of rotatable bonds is 4. The fraction of sp³-hybridized carbons (Fsp3) is 1.00. The lowest BCUT2D eigenvalue weighted by Gasteiger charge is -2.27. The number of nitrogens with two attached hydrogens (primary N) is 1. The molecule has 0 heterocycles. The third kappa shape index (κ3) is 3.18. The van der Waals surface area contributed by atoms with Crippen molar-refractivity contribution in [1.29, 1.82) is 0 Å². The minimum absolute atomic E-state index is 0.241. The molecule has 10 heavy (non-hydrogen) atoms. The molecule has 2 N–H and O–H groups in total. The first-order valence-electron chi connectivity index (χ1n) is 4.07. The Morgan fingerprint density at radius 2 is 1.90 bits per heavy atom. The van der Waals surface area contributed by atoms with Gasteiger partial charge in [-0.2, -0.15) is 0 Å². The zero-order valence-electron chi connectivity index (χ0n) is 7.59. The Hall–Kier alpha value is -0.0800. The lowest BCUT2D eigenvalue weighted by atomic mass is 10.2. The molecule has 1 unspecified atom stereocenters. The molecule has 1 atom stereocenters. The first-order chi connectivity index (χ1) is 4.59. The fourth-order valence-electron chi connectivity index (χ4n) is 0.882. The normalized spacial score (nSPS) is 14.7. The molecule has 0 amide bonds. The highest BCUT2D eigenvalue weighted by Crippen LogP contribution is 2.02. The predicted molar refractivity (Wildman–Crippen MR) is 45.8 cm³/mol. The second-order valence-electron chi connectivity index (χ2n) is 3.12. The van der Waals surface area contributed by atoms with Crippen LogP contribution in [0.15, 0.2) is 0 Å². The van der Waals surface area contributed by atoms with Gasteiger partial charge in [-0.05, 0) is 27.3 Å². The van der Waals surface area contributed by atoms with Gasteiger partial charge in [-0.1, -0.05) is 13.3 Å². The van der Waals surface area contributed by atoms with Crippen LogP contribution in [0.25, 0.3) is 0 Å². The van der Waals surface area contributed by atoms with Gasteiger partial charge in [0.2, 0.25) is 0 Å². The van der Waals surface area contributed by atoms with Crippen molar-refractivity contribution < 1.29 is 0 Å². The van der Waals surface area contributed by atoms with Crippen LogP contribution >= 0.6 is 0 Å². The predicted octanol–water partition coefficient (Wildman–Crippen LogP) is 1.41. The van der Waals surface area contributed by atoms with E-state index in [9.17, 15) is 0 Å². The Bertz CT molecular complexity index is 81.3. The van der Waals surface area contributed by atoms with Gasteiger partial charge in [0.1, 0.15) is 0 Å². The monoisotopic (exact) mass is 144 g/mol. The highest BCUT2D eigenvalue weighted by atomic mass is 15.2. The summed E-state index contributed by atoms with van der Waals surface area (Å²) in [6.45, 7) is 6.49. The van der Waals surface area contributed by atoms with Gasteiger partial charge in [-0.3, -0.25) is 4.90 Å². The van der Waals surface area contributed by atoms with Gasteiger partial charge in [0.05, 0.1) is 6.17 Å². The third-order valence-corrected chi connectivity index (χ3v) is 1.92. The zero-order chi connectivity index (χ0) is 8.15. The van der Waals surface area contributed by atoms with E-state index in [1.807, 2.05) is 0 Å². The van der Waals surface area contributed by atoms with E-state index < -0.39 is 0 Å². The minimum atomic E-state index is 0.241. The topological polar surface area (TPSA) is 29.3 Å². The van der Waals surface area contributed by atoms with E-state index in [0.29, 0.717) is 6.04 Å². The average molecular weight is 144 g/mol. The summed E-state index contributed by atoms with van der Waals surface area (Å²) in [6.07, 6.45) is 2.50. The molecule has 0 aliphatic heterocycles. The number of hydrogen-bond donors (Lipinski definition) is 1. The first kappa shape index (κ1) is 9.92. The summed E-state index contributed by atoms with van der Waals surface area (Å²) in [6, 6.07) is 0.557. The standard InChI is InChI=1S/C8H20N2/c1-5-6-8(9)10(4)7(2)3/h7-8H,5-6,9H2,1-4H3. The molecule has 0 saturated heterocycles. The van der Waals surface area contributed by atoms with Crippen molar-refractivity contribution in [2.45, 2.75) is 45.8 Å². The molecule has 0 radical (unpaired) electrons. The molecular weight excluding hydrogens is 124 g/mol. The summed E-state index contributed by atoms with van der Waals surface area (Å²) >= 11 is 0. The van der Waals surface area contributed by atoms with Crippen LogP contribution in [0.1, 0.15) is 33.6 Å². The molecule has 2 heteroatoms. The Morgan fingerprint density at radius 3 is 2.20 bits per heavy atom. The van der Waals surface area contributed by atoms with Crippen molar-refractivity contribution in [3.05, 3.63) is 0 Å². The summed E-state index contributed by atoms with van der Waals surface area (Å²) in [5.74, 6) is 0. The summed E-state index contributed by atoms with van der Waals surface area (Å²) in [4.78, 5) is 2.20. The molecule has 0 aromatic rings. The maximum atomic E-state index is 5.85. The van der Waals surface area contributed by atoms with Gasteiger partial charge in [0, 0.05) is 6.04 Å². The first-order valence-corrected chi connectivity index (χ1v) is 4.07. The van der Waals surface area contributed by atoms with Crippen LogP contribution in [0.2, 0.25) is 0 Å². The van der Waals surface area contributed by atoms with E-state index in [1.165, 1.54) is 0 Å². The Balaban J connectivity index is 3.58. The second kappa shape index (κ2) is 4.69. The van der Waals surface area contributed by atoms with E-state index in [1.54, 1.807) is 0 Å². The molecule has 0 aliphatic carbocycles. The highest BCUT2D eigenvalue weighted by Gasteiger charge is 2.10. The van der Waals surface area contributed by atoms with Crippen molar-refractivity contribution in [2.24, 2.45) is 5.73 Å². The van der Waals surface area contributed by atoms with Crippen LogP contribution in [-0.4, -0.2) is 24.2 Å². The van der Waals surface area contributed by atoms with Crippen LogP contribution in [0.4, 0.5) is 0 Å². The van der Waals surface area contributed by atoms with Crippen LogP contribution < -0.4 is 5.73 Å². The molecule has 0 bridgehead atoms.